The molecule has 106 valence electrons. The molecule has 1 heterocycles. The Bertz CT molecular complexity index is 361. The van der Waals surface area contributed by atoms with Crippen molar-refractivity contribution in [1.82, 2.24) is 9.21 Å². The highest BCUT2D eigenvalue weighted by molar-refractivity contribution is 7.89. The van der Waals surface area contributed by atoms with Crippen molar-refractivity contribution in [3.8, 4) is 0 Å². The first-order chi connectivity index (χ1) is 8.45. The van der Waals surface area contributed by atoms with E-state index in [0.29, 0.717) is 13.1 Å². The summed E-state index contributed by atoms with van der Waals surface area (Å²) in [5.41, 5.74) is 0. The highest BCUT2D eigenvalue weighted by atomic mass is 32.2. The topological polar surface area (TPSA) is 77.9 Å². The molecule has 0 bridgehead atoms. The smallest absolute Gasteiger partial charge is 0.303 e. The zero-order valence-corrected chi connectivity index (χ0v) is 11.7. The van der Waals surface area contributed by atoms with Crippen LogP contribution in [-0.2, 0) is 14.8 Å². The van der Waals surface area contributed by atoms with Gasteiger partial charge >= 0.3 is 5.97 Å². The second kappa shape index (κ2) is 7.06. The largest absolute Gasteiger partial charge is 0.481 e. The Morgan fingerprint density at radius 2 is 1.83 bits per heavy atom. The average molecular weight is 278 g/mol. The van der Waals surface area contributed by atoms with E-state index in [1.165, 1.54) is 4.31 Å². The first-order valence-electron chi connectivity index (χ1n) is 6.37. The molecule has 6 nitrogen and oxygen atoms in total. The number of carboxylic acids is 1. The Morgan fingerprint density at radius 3 is 2.33 bits per heavy atom. The van der Waals surface area contributed by atoms with E-state index >= 15 is 0 Å². The zero-order valence-electron chi connectivity index (χ0n) is 10.8. The number of sulfonamides is 1. The highest BCUT2D eigenvalue weighted by Crippen LogP contribution is 2.10. The number of piperazine rings is 1. The molecule has 1 aliphatic heterocycles. The van der Waals surface area contributed by atoms with Crippen LogP contribution in [0, 0.1) is 0 Å². The maximum absolute atomic E-state index is 11.9. The van der Waals surface area contributed by atoms with Crippen molar-refractivity contribution in [3.63, 3.8) is 0 Å². The van der Waals surface area contributed by atoms with Gasteiger partial charge < -0.3 is 10.0 Å². The number of nitrogens with zero attached hydrogens (tertiary/aromatic N) is 2. The van der Waals surface area contributed by atoms with Gasteiger partial charge in [-0.15, -0.1) is 0 Å². The van der Waals surface area contributed by atoms with Crippen LogP contribution in [0.5, 0.6) is 0 Å². The molecular formula is C11H22N2O4S. The van der Waals surface area contributed by atoms with Crippen LogP contribution in [0.4, 0.5) is 0 Å². The molecule has 0 atom stereocenters. The van der Waals surface area contributed by atoms with Gasteiger partial charge in [0.25, 0.3) is 0 Å². The van der Waals surface area contributed by atoms with Crippen molar-refractivity contribution in [1.29, 1.82) is 0 Å². The van der Waals surface area contributed by atoms with Crippen LogP contribution >= 0.6 is 0 Å². The molecule has 7 heteroatoms. The third kappa shape index (κ3) is 4.91. The summed E-state index contributed by atoms with van der Waals surface area (Å²) in [7, 11) is -3.27. The molecule has 1 aliphatic rings. The summed E-state index contributed by atoms with van der Waals surface area (Å²) >= 11 is 0. The second-order valence-corrected chi connectivity index (χ2v) is 6.64. The Labute approximate surface area is 109 Å². The summed E-state index contributed by atoms with van der Waals surface area (Å²) in [5, 5.41) is 8.50. The van der Waals surface area contributed by atoms with Crippen LogP contribution in [0.1, 0.15) is 26.2 Å². The molecule has 0 aromatic rings. The standard InChI is InChI=1S/C11H22N2O4S/c1-2-5-12-6-8-13(9-7-12)18(16,17)10-3-4-11(14)15/h2-10H2,1H3,(H,14,15). The van der Waals surface area contributed by atoms with Gasteiger partial charge in [0.2, 0.25) is 10.0 Å². The van der Waals surface area contributed by atoms with E-state index < -0.39 is 16.0 Å². The van der Waals surface area contributed by atoms with E-state index in [4.69, 9.17) is 5.11 Å². The van der Waals surface area contributed by atoms with E-state index in [0.717, 1.165) is 26.1 Å². The summed E-state index contributed by atoms with van der Waals surface area (Å²) in [6.45, 7) is 5.70. The van der Waals surface area contributed by atoms with Crippen LogP contribution in [0.15, 0.2) is 0 Å². The van der Waals surface area contributed by atoms with Gasteiger partial charge in [-0.2, -0.15) is 4.31 Å². The van der Waals surface area contributed by atoms with Gasteiger partial charge in [0.1, 0.15) is 0 Å². The average Bonchev–Trinajstić information content (AvgIpc) is 2.29. The van der Waals surface area contributed by atoms with E-state index in [1.54, 1.807) is 0 Å². The monoisotopic (exact) mass is 278 g/mol. The number of rotatable bonds is 7. The van der Waals surface area contributed by atoms with Crippen molar-refractivity contribution in [2.75, 3.05) is 38.5 Å². The lowest BCUT2D eigenvalue weighted by Crippen LogP contribution is -2.49. The van der Waals surface area contributed by atoms with E-state index in [-0.39, 0.29) is 18.6 Å². The molecular weight excluding hydrogens is 256 g/mol. The molecule has 0 aliphatic carbocycles. The molecule has 0 spiro atoms. The first kappa shape index (κ1) is 15.4. The van der Waals surface area contributed by atoms with Crippen LogP contribution in [0.25, 0.3) is 0 Å². The molecule has 1 fully saturated rings. The number of aliphatic carboxylic acids is 1. The SMILES string of the molecule is CCCN1CCN(S(=O)(=O)CCCC(=O)O)CC1. The molecule has 0 radical (unpaired) electrons. The first-order valence-corrected chi connectivity index (χ1v) is 7.98. The molecule has 0 aromatic carbocycles. The normalized spacial score (nSPS) is 18.9. The fourth-order valence-corrected chi connectivity index (χ4v) is 3.57. The molecule has 1 N–H and O–H groups in total. The minimum Gasteiger partial charge on any atom is -0.481 e. The van der Waals surface area contributed by atoms with Crippen molar-refractivity contribution in [2.24, 2.45) is 0 Å². The minimum absolute atomic E-state index is 0.0624. The Hall–Kier alpha value is -0.660. The fraction of sp³-hybridized carbons (Fsp3) is 0.909. The number of carboxylic acid groups (broad SMARTS) is 1. The predicted molar refractivity (Wildman–Crippen MR) is 69.0 cm³/mol. The summed E-state index contributed by atoms with van der Waals surface area (Å²) in [5.74, 6) is -1.01. The van der Waals surface area contributed by atoms with Gasteiger partial charge in [-0.05, 0) is 19.4 Å². The van der Waals surface area contributed by atoms with E-state index in [1.807, 2.05) is 0 Å². The molecule has 1 saturated heterocycles. The molecule has 18 heavy (non-hydrogen) atoms. The maximum Gasteiger partial charge on any atom is 0.303 e. The quantitative estimate of drug-likeness (QED) is 0.720. The van der Waals surface area contributed by atoms with Crippen molar-refractivity contribution in [2.45, 2.75) is 26.2 Å². The lowest BCUT2D eigenvalue weighted by molar-refractivity contribution is -0.137. The predicted octanol–water partition coefficient (Wildman–Crippen LogP) is 0.209. The van der Waals surface area contributed by atoms with Gasteiger partial charge in [-0.3, -0.25) is 4.79 Å². The Balaban J connectivity index is 2.38. The van der Waals surface area contributed by atoms with Crippen molar-refractivity contribution < 1.29 is 18.3 Å². The van der Waals surface area contributed by atoms with Gasteiger partial charge in [0.05, 0.1) is 5.75 Å². The second-order valence-electron chi connectivity index (χ2n) is 4.55. The number of hydrogen-bond donors (Lipinski definition) is 1. The zero-order chi connectivity index (χ0) is 13.6. The molecule has 1 rings (SSSR count). The molecule has 0 saturated carbocycles. The van der Waals surface area contributed by atoms with Crippen LogP contribution in [0.3, 0.4) is 0 Å². The van der Waals surface area contributed by atoms with Gasteiger partial charge in [0.15, 0.2) is 0 Å². The molecule has 0 amide bonds. The van der Waals surface area contributed by atoms with E-state index in [2.05, 4.69) is 11.8 Å². The van der Waals surface area contributed by atoms with Crippen LogP contribution in [0.2, 0.25) is 0 Å². The number of carbonyl (C=O) groups is 1. The minimum atomic E-state index is -3.27. The molecule has 0 aromatic heterocycles. The summed E-state index contributed by atoms with van der Waals surface area (Å²) in [4.78, 5) is 12.6. The lowest BCUT2D eigenvalue weighted by Gasteiger charge is -2.33. The fourth-order valence-electron chi connectivity index (χ4n) is 2.08. The maximum atomic E-state index is 11.9. The third-order valence-corrected chi connectivity index (χ3v) is 5.01. The van der Waals surface area contributed by atoms with E-state index in [9.17, 15) is 13.2 Å². The summed E-state index contributed by atoms with van der Waals surface area (Å²) < 4.78 is 25.4. The highest BCUT2D eigenvalue weighted by Gasteiger charge is 2.26. The van der Waals surface area contributed by atoms with Gasteiger partial charge in [-0.1, -0.05) is 6.92 Å². The Kier molecular flexibility index (Phi) is 6.04. The third-order valence-electron chi connectivity index (χ3n) is 3.06. The number of hydrogen-bond acceptors (Lipinski definition) is 4. The Morgan fingerprint density at radius 1 is 1.22 bits per heavy atom. The lowest BCUT2D eigenvalue weighted by atomic mass is 10.3. The van der Waals surface area contributed by atoms with Gasteiger partial charge in [0, 0.05) is 32.6 Å². The van der Waals surface area contributed by atoms with Gasteiger partial charge in [-0.25, -0.2) is 8.42 Å². The van der Waals surface area contributed by atoms with Crippen LogP contribution in [-0.4, -0.2) is 67.2 Å². The summed E-state index contributed by atoms with van der Waals surface area (Å²) in [6, 6.07) is 0. The van der Waals surface area contributed by atoms with Crippen molar-refractivity contribution in [3.05, 3.63) is 0 Å². The van der Waals surface area contributed by atoms with Crippen molar-refractivity contribution >= 4 is 16.0 Å². The summed E-state index contributed by atoms with van der Waals surface area (Å²) in [6.07, 6.45) is 1.17. The van der Waals surface area contributed by atoms with Crippen LogP contribution < -0.4 is 0 Å². The molecule has 0 unspecified atom stereocenters.